The molecule has 28 heavy (non-hydrogen) atoms. The Balaban J connectivity index is 1.87. The van der Waals surface area contributed by atoms with Crippen molar-refractivity contribution in [2.24, 2.45) is 0 Å². The van der Waals surface area contributed by atoms with Gasteiger partial charge in [0.15, 0.2) is 6.61 Å². The maximum atomic E-state index is 12.7. The minimum Gasteiger partial charge on any atom is -0.456 e. The van der Waals surface area contributed by atoms with Crippen molar-refractivity contribution in [1.82, 2.24) is 9.62 Å². The molecular weight excluding hydrogens is 380 g/mol. The number of sulfonamides is 1. The highest BCUT2D eigenvalue weighted by Gasteiger charge is 2.22. The van der Waals surface area contributed by atoms with Crippen LogP contribution in [-0.2, 0) is 24.3 Å². The summed E-state index contributed by atoms with van der Waals surface area (Å²) in [7, 11) is -3.74. The Morgan fingerprint density at radius 2 is 1.61 bits per heavy atom. The first-order chi connectivity index (χ1) is 13.1. The van der Waals surface area contributed by atoms with Crippen LogP contribution in [0.2, 0.25) is 0 Å². The van der Waals surface area contributed by atoms with E-state index in [1.165, 1.54) is 0 Å². The summed E-state index contributed by atoms with van der Waals surface area (Å²) in [5.41, 5.74) is 3.20. The first-order valence-electron chi connectivity index (χ1n) is 9.64. The number of likely N-dealkylation sites (tertiary alicyclic amines) is 1. The van der Waals surface area contributed by atoms with E-state index in [4.69, 9.17) is 4.74 Å². The fourth-order valence-corrected chi connectivity index (χ4v) is 5.04. The van der Waals surface area contributed by atoms with Gasteiger partial charge in [-0.1, -0.05) is 6.07 Å². The van der Waals surface area contributed by atoms with Gasteiger partial charge in [-0.3, -0.25) is 9.59 Å². The second kappa shape index (κ2) is 9.52. The summed E-state index contributed by atoms with van der Waals surface area (Å²) in [5.74, 6) is -0.794. The molecule has 156 valence electrons. The van der Waals surface area contributed by atoms with Gasteiger partial charge in [-0.2, -0.15) is 0 Å². The Hall–Kier alpha value is -1.93. The molecule has 1 aliphatic rings. The number of hydrogen-bond acceptors (Lipinski definition) is 5. The van der Waals surface area contributed by atoms with Crippen LogP contribution in [-0.4, -0.2) is 51.4 Å². The van der Waals surface area contributed by atoms with Gasteiger partial charge in [-0.05, 0) is 69.2 Å². The average Bonchev–Trinajstić information content (AvgIpc) is 2.65. The Bertz CT molecular complexity index is 816. The van der Waals surface area contributed by atoms with E-state index in [2.05, 4.69) is 4.72 Å². The standard InChI is InChI=1S/C20H30N2O5S/c1-14-12-15(2)17(4)20(16(14)3)28(25,26)21-9-8-19(24)27-13-18(23)22-10-6-5-7-11-22/h12,21H,5-11,13H2,1-4H3. The Kier molecular flexibility index (Phi) is 7.60. The van der Waals surface area contributed by atoms with E-state index >= 15 is 0 Å². The van der Waals surface area contributed by atoms with Crippen molar-refractivity contribution in [2.45, 2.75) is 58.3 Å². The van der Waals surface area contributed by atoms with Gasteiger partial charge >= 0.3 is 5.97 Å². The van der Waals surface area contributed by atoms with Crippen molar-refractivity contribution in [2.75, 3.05) is 26.2 Å². The van der Waals surface area contributed by atoms with E-state index in [1.54, 1.807) is 18.7 Å². The molecule has 1 amide bonds. The fourth-order valence-electron chi connectivity index (χ4n) is 3.39. The molecule has 7 nitrogen and oxygen atoms in total. The molecule has 0 atom stereocenters. The lowest BCUT2D eigenvalue weighted by Crippen LogP contribution is -2.38. The number of ether oxygens (including phenoxy) is 1. The molecular formula is C20H30N2O5S. The summed E-state index contributed by atoms with van der Waals surface area (Å²) in [4.78, 5) is 25.8. The number of carbonyl (C=O) groups is 2. The number of carbonyl (C=O) groups excluding carboxylic acids is 2. The van der Waals surface area contributed by atoms with Crippen molar-refractivity contribution in [3.8, 4) is 0 Å². The van der Waals surface area contributed by atoms with Crippen LogP contribution < -0.4 is 4.72 Å². The largest absolute Gasteiger partial charge is 0.456 e. The molecule has 1 saturated heterocycles. The molecule has 8 heteroatoms. The predicted octanol–water partition coefficient (Wildman–Crippen LogP) is 2.14. The first kappa shape index (κ1) is 22.4. The Labute approximate surface area is 167 Å². The summed E-state index contributed by atoms with van der Waals surface area (Å²) in [5, 5.41) is 0. The number of amides is 1. The Morgan fingerprint density at radius 3 is 2.18 bits per heavy atom. The number of piperidine rings is 1. The van der Waals surface area contributed by atoms with E-state index in [0.717, 1.165) is 30.4 Å². The zero-order valence-corrected chi connectivity index (χ0v) is 17.9. The molecule has 0 spiro atoms. The lowest BCUT2D eigenvalue weighted by Gasteiger charge is -2.26. The molecule has 0 aromatic heterocycles. The number of benzene rings is 1. The number of rotatable bonds is 7. The smallest absolute Gasteiger partial charge is 0.307 e. The molecule has 1 aromatic rings. The van der Waals surface area contributed by atoms with Crippen LogP contribution in [0, 0.1) is 27.7 Å². The highest BCUT2D eigenvalue weighted by atomic mass is 32.2. The lowest BCUT2D eigenvalue weighted by molar-refractivity contribution is -0.152. The van der Waals surface area contributed by atoms with Gasteiger partial charge in [0, 0.05) is 19.6 Å². The van der Waals surface area contributed by atoms with Crippen molar-refractivity contribution in [3.05, 3.63) is 28.3 Å². The van der Waals surface area contributed by atoms with Gasteiger partial charge in [0.25, 0.3) is 5.91 Å². The summed E-state index contributed by atoms with van der Waals surface area (Å²) in [6.45, 7) is 8.32. The van der Waals surface area contributed by atoms with Crippen molar-refractivity contribution >= 4 is 21.9 Å². The first-order valence-corrected chi connectivity index (χ1v) is 11.1. The molecule has 0 saturated carbocycles. The molecule has 1 N–H and O–H groups in total. The van der Waals surface area contributed by atoms with Crippen LogP contribution in [0.5, 0.6) is 0 Å². The summed E-state index contributed by atoms with van der Waals surface area (Å²) < 4.78 is 32.9. The maximum absolute atomic E-state index is 12.7. The van der Waals surface area contributed by atoms with E-state index in [-0.39, 0.29) is 30.4 Å². The topological polar surface area (TPSA) is 92.8 Å². The van der Waals surface area contributed by atoms with Crippen LogP contribution in [0.25, 0.3) is 0 Å². The van der Waals surface area contributed by atoms with Gasteiger partial charge in [0.05, 0.1) is 11.3 Å². The minimum atomic E-state index is -3.74. The van der Waals surface area contributed by atoms with Crippen LogP contribution in [0.15, 0.2) is 11.0 Å². The van der Waals surface area contributed by atoms with Gasteiger partial charge in [0.1, 0.15) is 0 Å². The monoisotopic (exact) mass is 410 g/mol. The zero-order chi connectivity index (χ0) is 20.9. The molecule has 0 unspecified atom stereocenters. The summed E-state index contributed by atoms with van der Waals surface area (Å²) in [6.07, 6.45) is 2.93. The van der Waals surface area contributed by atoms with Gasteiger partial charge < -0.3 is 9.64 Å². The SMILES string of the molecule is Cc1cc(C)c(C)c(S(=O)(=O)NCCC(=O)OCC(=O)N2CCCCC2)c1C. The van der Waals surface area contributed by atoms with Crippen molar-refractivity contribution < 1.29 is 22.7 Å². The van der Waals surface area contributed by atoms with Crippen LogP contribution in [0.1, 0.15) is 47.9 Å². The molecule has 0 radical (unpaired) electrons. The fraction of sp³-hybridized carbons (Fsp3) is 0.600. The van der Waals surface area contributed by atoms with E-state index in [1.807, 2.05) is 19.9 Å². The second-order valence-corrected chi connectivity index (χ2v) is 9.04. The van der Waals surface area contributed by atoms with Gasteiger partial charge in [-0.15, -0.1) is 0 Å². The van der Waals surface area contributed by atoms with Crippen LogP contribution in [0.3, 0.4) is 0 Å². The van der Waals surface area contributed by atoms with E-state index in [9.17, 15) is 18.0 Å². The third-order valence-corrected chi connectivity index (χ3v) is 6.99. The normalized spacial score (nSPS) is 14.8. The van der Waals surface area contributed by atoms with Crippen LogP contribution >= 0.6 is 0 Å². The quantitative estimate of drug-likeness (QED) is 0.695. The van der Waals surface area contributed by atoms with Gasteiger partial charge in [0.2, 0.25) is 10.0 Å². The molecule has 1 aliphatic heterocycles. The number of nitrogens with zero attached hydrogens (tertiary/aromatic N) is 1. The summed E-state index contributed by atoms with van der Waals surface area (Å²) in [6, 6.07) is 1.96. The third kappa shape index (κ3) is 5.54. The number of nitrogens with one attached hydrogen (secondary N) is 1. The lowest BCUT2D eigenvalue weighted by atomic mass is 10.0. The zero-order valence-electron chi connectivity index (χ0n) is 17.1. The second-order valence-electron chi connectivity index (χ2n) is 7.34. The summed E-state index contributed by atoms with van der Waals surface area (Å²) >= 11 is 0. The number of aryl methyl sites for hydroxylation is 2. The van der Waals surface area contributed by atoms with Gasteiger partial charge in [-0.25, -0.2) is 13.1 Å². The number of hydrogen-bond donors (Lipinski definition) is 1. The molecule has 1 fully saturated rings. The Morgan fingerprint density at radius 1 is 1.04 bits per heavy atom. The average molecular weight is 411 g/mol. The molecule has 1 heterocycles. The molecule has 1 aromatic carbocycles. The van der Waals surface area contributed by atoms with Crippen molar-refractivity contribution in [1.29, 1.82) is 0 Å². The maximum Gasteiger partial charge on any atom is 0.307 e. The van der Waals surface area contributed by atoms with Crippen molar-refractivity contribution in [3.63, 3.8) is 0 Å². The molecule has 2 rings (SSSR count). The van der Waals surface area contributed by atoms with E-state index < -0.39 is 16.0 Å². The highest BCUT2D eigenvalue weighted by molar-refractivity contribution is 7.89. The third-order valence-electron chi connectivity index (χ3n) is 5.25. The van der Waals surface area contributed by atoms with Crippen LogP contribution in [0.4, 0.5) is 0 Å². The van der Waals surface area contributed by atoms with E-state index in [0.29, 0.717) is 24.2 Å². The number of esters is 1. The molecule has 0 aliphatic carbocycles. The highest BCUT2D eigenvalue weighted by Crippen LogP contribution is 2.25. The predicted molar refractivity (Wildman–Crippen MR) is 107 cm³/mol. The molecule has 0 bridgehead atoms. The minimum absolute atomic E-state index is 0.0784.